The smallest absolute Gasteiger partial charge is 0.194 e. The topological polar surface area (TPSA) is 40.1 Å². The summed E-state index contributed by atoms with van der Waals surface area (Å²) in [5.74, 6) is 1.06. The molecule has 5 heteroatoms. The molecule has 0 bridgehead atoms. The van der Waals surface area contributed by atoms with E-state index < -0.39 is 0 Å². The largest absolute Gasteiger partial charge is 0.379 e. The minimum absolute atomic E-state index is 0.149. The van der Waals surface area contributed by atoms with Crippen LogP contribution in [0.25, 0.3) is 0 Å². The van der Waals surface area contributed by atoms with E-state index in [-0.39, 0.29) is 5.54 Å². The Kier molecular flexibility index (Phi) is 5.38. The first-order valence-electron chi connectivity index (χ1n) is 8.67. The lowest BCUT2D eigenvalue weighted by molar-refractivity contribution is -0.0668. The van der Waals surface area contributed by atoms with Crippen molar-refractivity contribution in [2.45, 2.75) is 53.1 Å². The summed E-state index contributed by atoms with van der Waals surface area (Å²) < 4.78 is 5.43. The van der Waals surface area contributed by atoms with E-state index in [1.54, 1.807) is 0 Å². The van der Waals surface area contributed by atoms with Gasteiger partial charge in [0, 0.05) is 43.2 Å². The van der Waals surface area contributed by atoms with Gasteiger partial charge in [-0.25, -0.2) is 0 Å². The summed E-state index contributed by atoms with van der Waals surface area (Å²) in [5, 5.41) is 3.47. The molecule has 1 atom stereocenters. The number of nitrogens with one attached hydrogen (secondary N) is 1. The van der Waals surface area contributed by atoms with Crippen LogP contribution in [0, 0.1) is 5.41 Å². The zero-order chi connectivity index (χ0) is 16.4. The number of hydrogen-bond donors (Lipinski definition) is 1. The Morgan fingerprint density at radius 3 is 2.36 bits per heavy atom. The van der Waals surface area contributed by atoms with Gasteiger partial charge in [-0.3, -0.25) is 9.89 Å². The standard InChI is InChI=1S/C17H34N4O/c1-7-18-15(21-13-16(3,4)17(21,5)6)19-12-14(2)20-8-10-22-11-9-20/h14H,7-13H2,1-6H3,(H,18,19). The molecule has 2 aliphatic heterocycles. The van der Waals surface area contributed by atoms with Gasteiger partial charge in [0.05, 0.1) is 19.8 Å². The van der Waals surface area contributed by atoms with Gasteiger partial charge in [0.25, 0.3) is 0 Å². The van der Waals surface area contributed by atoms with Crippen molar-refractivity contribution in [3.63, 3.8) is 0 Å². The molecule has 2 fully saturated rings. The summed E-state index contributed by atoms with van der Waals surface area (Å²) in [5.41, 5.74) is 0.481. The molecule has 2 saturated heterocycles. The fourth-order valence-corrected chi connectivity index (χ4v) is 3.15. The van der Waals surface area contributed by atoms with Crippen LogP contribution in [0.1, 0.15) is 41.5 Å². The number of likely N-dealkylation sites (tertiary alicyclic amines) is 1. The van der Waals surface area contributed by atoms with Crippen LogP contribution < -0.4 is 5.32 Å². The third kappa shape index (κ3) is 3.40. The van der Waals surface area contributed by atoms with E-state index in [1.165, 1.54) is 0 Å². The number of morpholine rings is 1. The molecular formula is C17H34N4O. The predicted molar refractivity (Wildman–Crippen MR) is 92.4 cm³/mol. The highest BCUT2D eigenvalue weighted by atomic mass is 16.5. The van der Waals surface area contributed by atoms with Crippen LogP contribution in [-0.2, 0) is 4.74 Å². The average molecular weight is 310 g/mol. The summed E-state index contributed by atoms with van der Waals surface area (Å²) in [6.07, 6.45) is 0. The van der Waals surface area contributed by atoms with Gasteiger partial charge in [-0.2, -0.15) is 0 Å². The summed E-state index contributed by atoms with van der Waals surface area (Å²) in [4.78, 5) is 9.81. The van der Waals surface area contributed by atoms with Gasteiger partial charge in [-0.1, -0.05) is 13.8 Å². The van der Waals surface area contributed by atoms with E-state index in [2.05, 4.69) is 56.7 Å². The number of aliphatic imine (C=N–C) groups is 1. The van der Waals surface area contributed by atoms with Gasteiger partial charge in [0.15, 0.2) is 5.96 Å². The first-order valence-corrected chi connectivity index (χ1v) is 8.67. The lowest BCUT2D eigenvalue weighted by atomic mass is 9.65. The zero-order valence-electron chi connectivity index (χ0n) is 15.3. The molecule has 0 spiro atoms. The Balaban J connectivity index is 1.99. The van der Waals surface area contributed by atoms with Crippen molar-refractivity contribution in [1.82, 2.24) is 15.1 Å². The Labute approximate surface area is 136 Å². The van der Waals surface area contributed by atoms with E-state index in [4.69, 9.17) is 9.73 Å². The van der Waals surface area contributed by atoms with Gasteiger partial charge < -0.3 is 15.0 Å². The van der Waals surface area contributed by atoms with E-state index in [0.29, 0.717) is 11.5 Å². The maximum absolute atomic E-state index is 5.43. The molecule has 0 aliphatic carbocycles. The maximum atomic E-state index is 5.43. The molecular weight excluding hydrogens is 276 g/mol. The number of ether oxygens (including phenoxy) is 1. The third-order valence-electron chi connectivity index (χ3n) is 5.65. The Bertz CT molecular complexity index is 399. The van der Waals surface area contributed by atoms with E-state index in [9.17, 15) is 0 Å². The second-order valence-electron chi connectivity index (χ2n) is 7.72. The van der Waals surface area contributed by atoms with Gasteiger partial charge in [-0.15, -0.1) is 0 Å². The van der Waals surface area contributed by atoms with Crippen molar-refractivity contribution < 1.29 is 4.74 Å². The van der Waals surface area contributed by atoms with Gasteiger partial charge in [0.1, 0.15) is 0 Å². The van der Waals surface area contributed by atoms with Crippen LogP contribution in [0.4, 0.5) is 0 Å². The van der Waals surface area contributed by atoms with Crippen molar-refractivity contribution in [3.8, 4) is 0 Å². The highest BCUT2D eigenvalue weighted by molar-refractivity contribution is 5.82. The Morgan fingerprint density at radius 1 is 1.23 bits per heavy atom. The van der Waals surface area contributed by atoms with Crippen molar-refractivity contribution >= 4 is 5.96 Å². The highest BCUT2D eigenvalue weighted by Gasteiger charge is 2.53. The predicted octanol–water partition coefficient (Wildman–Crippen LogP) is 1.79. The molecule has 1 unspecified atom stereocenters. The van der Waals surface area contributed by atoms with E-state index >= 15 is 0 Å². The van der Waals surface area contributed by atoms with Crippen LogP contribution in [0.3, 0.4) is 0 Å². The quantitative estimate of drug-likeness (QED) is 0.635. The number of guanidine groups is 1. The molecule has 0 amide bonds. The molecule has 128 valence electrons. The third-order valence-corrected chi connectivity index (χ3v) is 5.65. The lowest BCUT2D eigenvalue weighted by Gasteiger charge is -2.62. The molecule has 1 N–H and O–H groups in total. The zero-order valence-corrected chi connectivity index (χ0v) is 15.3. The minimum Gasteiger partial charge on any atom is -0.379 e. The Hall–Kier alpha value is -0.810. The highest BCUT2D eigenvalue weighted by Crippen LogP contribution is 2.46. The Morgan fingerprint density at radius 2 is 1.86 bits per heavy atom. The molecule has 0 aromatic rings. The number of rotatable bonds is 4. The van der Waals surface area contributed by atoms with Gasteiger partial charge in [-0.05, 0) is 27.7 Å². The molecule has 22 heavy (non-hydrogen) atoms. The van der Waals surface area contributed by atoms with Crippen LogP contribution >= 0.6 is 0 Å². The molecule has 5 nitrogen and oxygen atoms in total. The van der Waals surface area contributed by atoms with Crippen molar-refractivity contribution in [2.75, 3.05) is 45.9 Å². The van der Waals surface area contributed by atoms with Crippen LogP contribution in [0.2, 0.25) is 0 Å². The number of nitrogens with zero attached hydrogens (tertiary/aromatic N) is 3. The van der Waals surface area contributed by atoms with Crippen LogP contribution in [0.15, 0.2) is 4.99 Å². The summed E-state index contributed by atoms with van der Waals surface area (Å²) >= 11 is 0. The lowest BCUT2D eigenvalue weighted by Crippen LogP contribution is -2.72. The maximum Gasteiger partial charge on any atom is 0.194 e. The molecule has 2 aliphatic rings. The van der Waals surface area contributed by atoms with E-state index in [0.717, 1.165) is 51.9 Å². The first kappa shape index (κ1) is 17.5. The fraction of sp³-hybridized carbons (Fsp3) is 0.941. The summed E-state index contributed by atoms with van der Waals surface area (Å²) in [7, 11) is 0. The molecule has 0 saturated carbocycles. The monoisotopic (exact) mass is 310 g/mol. The molecule has 0 radical (unpaired) electrons. The second-order valence-corrected chi connectivity index (χ2v) is 7.72. The van der Waals surface area contributed by atoms with Gasteiger partial charge in [0.2, 0.25) is 0 Å². The summed E-state index contributed by atoms with van der Waals surface area (Å²) in [6.45, 7) is 20.3. The van der Waals surface area contributed by atoms with Crippen LogP contribution in [0.5, 0.6) is 0 Å². The SMILES string of the molecule is CCNC(=NCC(C)N1CCOCC1)N1CC(C)(C)C1(C)C. The van der Waals surface area contributed by atoms with Crippen LogP contribution in [-0.4, -0.2) is 73.3 Å². The van der Waals surface area contributed by atoms with E-state index in [1.807, 2.05) is 0 Å². The van der Waals surface area contributed by atoms with Crippen molar-refractivity contribution in [1.29, 1.82) is 0 Å². The molecule has 2 heterocycles. The first-order chi connectivity index (χ1) is 10.3. The molecule has 0 aromatic carbocycles. The normalized spacial score (nSPS) is 26.5. The number of hydrogen-bond acceptors (Lipinski definition) is 3. The minimum atomic E-state index is 0.149. The second kappa shape index (κ2) is 6.75. The average Bonchev–Trinajstić information content (AvgIpc) is 2.50. The fourth-order valence-electron chi connectivity index (χ4n) is 3.15. The summed E-state index contributed by atoms with van der Waals surface area (Å²) in [6, 6.07) is 0.468. The van der Waals surface area contributed by atoms with Gasteiger partial charge >= 0.3 is 0 Å². The van der Waals surface area contributed by atoms with Crippen molar-refractivity contribution in [2.24, 2.45) is 10.4 Å². The van der Waals surface area contributed by atoms with Crippen molar-refractivity contribution in [3.05, 3.63) is 0 Å². The molecule has 0 aromatic heterocycles. The molecule has 2 rings (SSSR count).